The molecule has 2 aliphatic carbocycles. The molecule has 12 nitrogen and oxygen atoms in total. The molecule has 264 valence electrons. The number of hydrogen-bond donors (Lipinski definition) is 3. The van der Waals surface area contributed by atoms with Crippen LogP contribution >= 0.6 is 11.8 Å². The van der Waals surface area contributed by atoms with Crippen molar-refractivity contribution in [3.05, 3.63) is 36.4 Å². The number of carbonyl (C=O) groups excluding carboxylic acids is 3. The van der Waals surface area contributed by atoms with Crippen molar-refractivity contribution in [2.45, 2.75) is 112 Å². The lowest BCUT2D eigenvalue weighted by atomic mass is 10.0. The largest absolute Gasteiger partial charge is 0.488 e. The van der Waals surface area contributed by atoms with Crippen LogP contribution in [0.4, 0.5) is 4.79 Å². The maximum atomic E-state index is 14.4. The SMILES string of the molecule is CCOc1cc(O[C@@H]2C[C@H]3C(=O)N[C@]4(C(=O)O)C[C@H]4/C=C\CCCCC[C@H](NC(=O)OC4CCCC4)C(=O)N3C2)c2cccc(SC)c2n1. The van der Waals surface area contributed by atoms with E-state index in [2.05, 4.69) is 10.6 Å². The molecule has 13 heteroatoms. The first-order chi connectivity index (χ1) is 23.7. The molecule has 6 rings (SSSR count). The standard InChI is InChI=1S/C36H46N4O8S/c1-3-46-30-19-28(25-15-11-17-29(49-2)31(25)38-30)47-24-18-27-32(41)39-36(34(43)44)20-22(36)12-7-5-4-6-8-16-26(33(42)40(27)21-24)37-35(45)48-23-13-9-10-14-23/h7,11-12,15,17,19,22-24,26-27H,3-6,8-10,13-14,16,18,20-21H2,1-2H3,(H,37,45)(H,39,41)(H,43,44)/b12-7-/t22-,24-,26+,27+,36-/m1/s1. The summed E-state index contributed by atoms with van der Waals surface area (Å²) in [7, 11) is 0. The highest BCUT2D eigenvalue weighted by atomic mass is 32.2. The van der Waals surface area contributed by atoms with Gasteiger partial charge in [-0.1, -0.05) is 31.1 Å². The molecule has 1 aromatic carbocycles. The van der Waals surface area contributed by atoms with Gasteiger partial charge in [0.15, 0.2) is 0 Å². The fourth-order valence-corrected chi connectivity index (χ4v) is 7.88. The Bertz CT molecular complexity index is 1600. The Balaban J connectivity index is 1.30. The predicted octanol–water partition coefficient (Wildman–Crippen LogP) is 5.22. The molecular formula is C36H46N4O8S. The average molecular weight is 695 g/mol. The van der Waals surface area contributed by atoms with Crippen LogP contribution in [0, 0.1) is 5.92 Å². The summed E-state index contributed by atoms with van der Waals surface area (Å²) in [5, 5.41) is 16.6. The Morgan fingerprint density at radius 2 is 1.92 bits per heavy atom. The summed E-state index contributed by atoms with van der Waals surface area (Å²) in [4.78, 5) is 61.0. The van der Waals surface area contributed by atoms with Crippen molar-refractivity contribution in [3.63, 3.8) is 0 Å². The third-order valence-electron chi connectivity index (χ3n) is 10.0. The van der Waals surface area contributed by atoms with Crippen LogP contribution in [0.2, 0.25) is 0 Å². The summed E-state index contributed by atoms with van der Waals surface area (Å²) in [5.41, 5.74) is -0.703. The molecule has 3 fully saturated rings. The Morgan fingerprint density at radius 1 is 1.12 bits per heavy atom. The van der Waals surface area contributed by atoms with Crippen LogP contribution in [0.3, 0.4) is 0 Å². The zero-order chi connectivity index (χ0) is 34.5. The number of carboxylic acids is 1. The van der Waals surface area contributed by atoms with Gasteiger partial charge in [-0.15, -0.1) is 11.8 Å². The van der Waals surface area contributed by atoms with Crippen LogP contribution in [0.5, 0.6) is 11.6 Å². The fraction of sp³-hybridized carbons (Fsp3) is 0.583. The number of allylic oxidation sites excluding steroid dienone is 1. The molecule has 4 aliphatic rings. The molecule has 49 heavy (non-hydrogen) atoms. The Hall–Kier alpha value is -4.00. The first kappa shape index (κ1) is 34.8. The van der Waals surface area contributed by atoms with E-state index in [0.717, 1.165) is 60.7 Å². The van der Waals surface area contributed by atoms with Crippen LogP contribution < -0.4 is 20.1 Å². The van der Waals surface area contributed by atoms with Crippen molar-refractivity contribution in [1.82, 2.24) is 20.5 Å². The van der Waals surface area contributed by atoms with Gasteiger partial charge in [-0.3, -0.25) is 9.59 Å². The number of hydrogen-bond acceptors (Lipinski definition) is 9. The number of ether oxygens (including phenoxy) is 3. The Morgan fingerprint density at radius 3 is 2.67 bits per heavy atom. The molecule has 5 atom stereocenters. The van der Waals surface area contributed by atoms with Crippen LogP contribution in [-0.4, -0.2) is 88.1 Å². The molecule has 1 aromatic heterocycles. The molecule has 0 unspecified atom stereocenters. The average Bonchev–Trinajstić information content (AvgIpc) is 3.36. The number of carbonyl (C=O) groups is 4. The van der Waals surface area contributed by atoms with Crippen molar-refractivity contribution in [2.75, 3.05) is 19.4 Å². The first-order valence-corrected chi connectivity index (χ1v) is 18.7. The number of aliphatic carboxylic acids is 1. The van der Waals surface area contributed by atoms with Gasteiger partial charge >= 0.3 is 12.1 Å². The number of pyridine rings is 1. The third-order valence-corrected chi connectivity index (χ3v) is 10.8. The topological polar surface area (TPSA) is 156 Å². The number of benzene rings is 1. The molecule has 2 aliphatic heterocycles. The number of nitrogens with one attached hydrogen (secondary N) is 2. The van der Waals surface area contributed by atoms with E-state index in [4.69, 9.17) is 19.2 Å². The smallest absolute Gasteiger partial charge is 0.408 e. The van der Waals surface area contributed by atoms with Gasteiger partial charge in [0.2, 0.25) is 17.7 Å². The number of nitrogens with zero attached hydrogens (tertiary/aromatic N) is 2. The maximum absolute atomic E-state index is 14.4. The van der Waals surface area contributed by atoms with E-state index < -0.39 is 47.6 Å². The van der Waals surface area contributed by atoms with Gasteiger partial charge in [-0.25, -0.2) is 14.6 Å². The monoisotopic (exact) mass is 694 g/mol. The van der Waals surface area contributed by atoms with Gasteiger partial charge in [0.1, 0.15) is 35.6 Å². The molecule has 3 N–H and O–H groups in total. The van der Waals surface area contributed by atoms with Crippen LogP contribution in [0.1, 0.15) is 77.6 Å². The minimum absolute atomic E-state index is 0.0617. The number of rotatable bonds is 8. The molecule has 2 saturated carbocycles. The van der Waals surface area contributed by atoms with Crippen molar-refractivity contribution in [1.29, 1.82) is 0 Å². The minimum Gasteiger partial charge on any atom is -0.488 e. The van der Waals surface area contributed by atoms with Crippen molar-refractivity contribution in [2.24, 2.45) is 5.92 Å². The van der Waals surface area contributed by atoms with Gasteiger partial charge in [0.25, 0.3) is 0 Å². The number of aromatic nitrogens is 1. The highest BCUT2D eigenvalue weighted by molar-refractivity contribution is 7.98. The molecule has 1 saturated heterocycles. The molecular weight excluding hydrogens is 648 g/mol. The molecule has 2 aromatic rings. The van der Waals surface area contributed by atoms with Crippen molar-refractivity contribution < 1.29 is 38.5 Å². The fourth-order valence-electron chi connectivity index (χ4n) is 7.31. The maximum Gasteiger partial charge on any atom is 0.408 e. The lowest BCUT2D eigenvalue weighted by Gasteiger charge is -2.29. The van der Waals surface area contributed by atoms with Crippen LogP contribution in [0.15, 0.2) is 41.3 Å². The van der Waals surface area contributed by atoms with Crippen LogP contribution in [-0.2, 0) is 19.1 Å². The van der Waals surface area contributed by atoms with E-state index >= 15 is 0 Å². The van der Waals surface area contributed by atoms with Gasteiger partial charge in [-0.05, 0) is 76.7 Å². The second-order valence-electron chi connectivity index (χ2n) is 13.4. The molecule has 0 radical (unpaired) electrons. The quantitative estimate of drug-likeness (QED) is 0.247. The first-order valence-electron chi connectivity index (χ1n) is 17.5. The highest BCUT2D eigenvalue weighted by Crippen LogP contribution is 2.45. The summed E-state index contributed by atoms with van der Waals surface area (Å²) in [5.74, 6) is -1.50. The normalized spacial score (nSPS) is 28.4. The number of carboxylic acid groups (broad SMARTS) is 1. The number of amides is 3. The summed E-state index contributed by atoms with van der Waals surface area (Å²) in [6, 6.07) is 5.59. The van der Waals surface area contributed by atoms with E-state index in [1.807, 2.05) is 43.5 Å². The van der Waals surface area contributed by atoms with Crippen molar-refractivity contribution in [3.8, 4) is 11.6 Å². The molecule has 3 heterocycles. The molecule has 3 amide bonds. The Labute approximate surface area is 290 Å². The number of fused-ring (bicyclic) bond motifs is 3. The lowest BCUT2D eigenvalue weighted by molar-refractivity contribution is -0.145. The van der Waals surface area contributed by atoms with E-state index in [0.29, 0.717) is 31.1 Å². The number of para-hydroxylation sites is 1. The van der Waals surface area contributed by atoms with Crippen molar-refractivity contribution >= 4 is 46.5 Å². The number of alkyl carbamates (subject to hydrolysis) is 1. The summed E-state index contributed by atoms with van der Waals surface area (Å²) >= 11 is 1.55. The van der Waals surface area contributed by atoms with Crippen LogP contribution in [0.25, 0.3) is 10.9 Å². The molecule has 0 bridgehead atoms. The second-order valence-corrected chi connectivity index (χ2v) is 14.2. The summed E-state index contributed by atoms with van der Waals surface area (Å²) in [6.07, 6.45) is 11.9. The van der Waals surface area contributed by atoms with Gasteiger partial charge < -0.3 is 34.9 Å². The van der Waals surface area contributed by atoms with Gasteiger partial charge in [0, 0.05) is 28.7 Å². The third kappa shape index (κ3) is 7.76. The lowest BCUT2D eigenvalue weighted by Crippen LogP contribution is -2.56. The second kappa shape index (κ2) is 15.3. The summed E-state index contributed by atoms with van der Waals surface area (Å²) in [6.45, 7) is 2.34. The highest BCUT2D eigenvalue weighted by Gasteiger charge is 2.61. The van der Waals surface area contributed by atoms with E-state index in [9.17, 15) is 24.3 Å². The summed E-state index contributed by atoms with van der Waals surface area (Å²) < 4.78 is 18.0. The van der Waals surface area contributed by atoms with Gasteiger partial charge in [-0.2, -0.15) is 0 Å². The zero-order valence-corrected chi connectivity index (χ0v) is 29.0. The Kier molecular flexibility index (Phi) is 10.9. The van der Waals surface area contributed by atoms with Gasteiger partial charge in [0.05, 0.1) is 18.7 Å². The zero-order valence-electron chi connectivity index (χ0n) is 28.2. The predicted molar refractivity (Wildman–Crippen MR) is 184 cm³/mol. The molecule has 0 spiro atoms. The number of thioether (sulfide) groups is 1. The van der Waals surface area contributed by atoms with E-state index in [1.54, 1.807) is 17.8 Å². The van der Waals surface area contributed by atoms with E-state index in [1.165, 1.54) is 4.90 Å². The van der Waals surface area contributed by atoms with E-state index in [-0.39, 0.29) is 31.4 Å². The minimum atomic E-state index is -1.42.